The highest BCUT2D eigenvalue weighted by Crippen LogP contribution is 2.45. The molecule has 0 bridgehead atoms. The molecular weight excluding hydrogens is 464 g/mol. The van der Waals surface area contributed by atoms with Crippen molar-refractivity contribution in [3.8, 4) is 11.5 Å². The van der Waals surface area contributed by atoms with Crippen LogP contribution >= 0.6 is 11.7 Å². The van der Waals surface area contributed by atoms with Crippen LogP contribution in [-0.4, -0.2) is 33.0 Å². The van der Waals surface area contributed by atoms with Crippen LogP contribution < -0.4 is 9.47 Å². The molecule has 1 aromatic heterocycles. The molecule has 1 aliphatic rings. The van der Waals surface area contributed by atoms with E-state index in [9.17, 15) is 9.90 Å². The van der Waals surface area contributed by atoms with Gasteiger partial charge in [-0.1, -0.05) is 18.2 Å². The number of rotatable bonds is 7. The second kappa shape index (κ2) is 9.13. The average Bonchev–Trinajstić information content (AvgIpc) is 3.41. The quantitative estimate of drug-likeness (QED) is 0.371. The Morgan fingerprint density at radius 3 is 2.51 bits per heavy atom. The number of carbonyl (C=O) groups excluding carboxylic acids is 1. The van der Waals surface area contributed by atoms with Gasteiger partial charge in [0.25, 0.3) is 5.79 Å². The number of benzene rings is 3. The highest BCUT2D eigenvalue weighted by Gasteiger charge is 2.48. The molecule has 3 aromatic carbocycles. The summed E-state index contributed by atoms with van der Waals surface area (Å²) in [6, 6.07) is 19.9. The van der Waals surface area contributed by atoms with Gasteiger partial charge in [-0.3, -0.25) is 0 Å². The number of nitrogens with zero attached hydrogens (tertiary/aromatic N) is 2. The number of aromatic nitrogens is 2. The fourth-order valence-corrected chi connectivity index (χ4v) is 4.75. The Bertz CT molecular complexity index is 1430. The number of ether oxygens (including phenoxy) is 3. The van der Waals surface area contributed by atoms with Crippen LogP contribution in [0.3, 0.4) is 0 Å². The van der Waals surface area contributed by atoms with E-state index in [0.717, 1.165) is 22.8 Å². The van der Waals surface area contributed by atoms with Gasteiger partial charge >= 0.3 is 5.97 Å². The molecule has 2 heterocycles. The average molecular weight is 489 g/mol. The molecule has 0 radical (unpaired) electrons. The van der Waals surface area contributed by atoms with Crippen molar-refractivity contribution in [2.24, 2.45) is 0 Å². The lowest BCUT2D eigenvalue weighted by Gasteiger charge is -2.26. The molecule has 1 atom stereocenters. The van der Waals surface area contributed by atoms with Crippen molar-refractivity contribution in [3.05, 3.63) is 89.0 Å². The normalized spacial score (nSPS) is 17.8. The highest BCUT2D eigenvalue weighted by atomic mass is 32.1. The lowest BCUT2D eigenvalue weighted by Crippen LogP contribution is -2.29. The smallest absolute Gasteiger partial charge is 0.342 e. The first-order valence-corrected chi connectivity index (χ1v) is 11.9. The molecule has 1 aliphatic heterocycles. The first kappa shape index (κ1) is 23.0. The van der Waals surface area contributed by atoms with E-state index in [4.69, 9.17) is 14.2 Å². The van der Waals surface area contributed by atoms with E-state index in [2.05, 4.69) is 8.75 Å². The van der Waals surface area contributed by atoms with Gasteiger partial charge in [0.05, 0.1) is 30.5 Å². The van der Waals surface area contributed by atoms with Crippen molar-refractivity contribution in [1.82, 2.24) is 8.75 Å². The molecule has 8 heteroatoms. The zero-order chi connectivity index (χ0) is 24.6. The Balaban J connectivity index is 1.64. The SMILES string of the molecule is COc1cccc(CC2=C(c3ccc4nsnc4c3)C(=O)OC2(O)c2ccc(OC(C)C)cc2)c1. The van der Waals surface area contributed by atoms with Crippen molar-refractivity contribution in [3.63, 3.8) is 0 Å². The van der Waals surface area contributed by atoms with E-state index in [-0.39, 0.29) is 12.5 Å². The van der Waals surface area contributed by atoms with Crippen LogP contribution in [0.2, 0.25) is 0 Å². The van der Waals surface area contributed by atoms with E-state index < -0.39 is 11.8 Å². The number of esters is 1. The van der Waals surface area contributed by atoms with E-state index in [1.165, 1.54) is 0 Å². The number of fused-ring (bicyclic) bond motifs is 1. The fraction of sp³-hybridized carbons (Fsp3) is 0.222. The molecular formula is C27H24N2O5S. The van der Waals surface area contributed by atoms with Crippen molar-refractivity contribution in [1.29, 1.82) is 0 Å². The number of hydrogen-bond donors (Lipinski definition) is 1. The Kier molecular flexibility index (Phi) is 6.00. The van der Waals surface area contributed by atoms with Crippen molar-refractivity contribution >= 4 is 34.3 Å². The van der Waals surface area contributed by atoms with Gasteiger partial charge in [-0.2, -0.15) is 8.75 Å². The van der Waals surface area contributed by atoms with E-state index >= 15 is 0 Å². The Morgan fingerprint density at radius 1 is 1.00 bits per heavy atom. The molecule has 0 amide bonds. The van der Waals surface area contributed by atoms with Crippen LogP contribution in [0.4, 0.5) is 0 Å². The van der Waals surface area contributed by atoms with Crippen molar-refractivity contribution in [2.75, 3.05) is 7.11 Å². The predicted octanol–water partition coefficient (Wildman–Crippen LogP) is 4.89. The van der Waals surface area contributed by atoms with Gasteiger partial charge < -0.3 is 19.3 Å². The minimum Gasteiger partial charge on any atom is -0.497 e. The van der Waals surface area contributed by atoms with Crippen LogP contribution in [0.25, 0.3) is 16.6 Å². The van der Waals surface area contributed by atoms with Gasteiger partial charge in [0, 0.05) is 17.6 Å². The summed E-state index contributed by atoms with van der Waals surface area (Å²) in [5.41, 5.74) is 4.10. The maximum atomic E-state index is 13.3. The summed E-state index contributed by atoms with van der Waals surface area (Å²) in [5.74, 6) is -1.20. The van der Waals surface area contributed by atoms with Gasteiger partial charge in [0.15, 0.2) is 0 Å². The monoisotopic (exact) mass is 488 g/mol. The predicted molar refractivity (Wildman–Crippen MR) is 133 cm³/mol. The third-order valence-electron chi connectivity index (χ3n) is 5.83. The highest BCUT2D eigenvalue weighted by molar-refractivity contribution is 7.00. The van der Waals surface area contributed by atoms with Gasteiger partial charge in [0.2, 0.25) is 0 Å². The van der Waals surface area contributed by atoms with Crippen LogP contribution in [0.5, 0.6) is 11.5 Å². The van der Waals surface area contributed by atoms with E-state index in [1.54, 1.807) is 43.5 Å². The Labute approximate surface area is 206 Å². The molecule has 4 aromatic rings. The minimum absolute atomic E-state index is 0.0125. The number of methoxy groups -OCH3 is 1. The maximum absolute atomic E-state index is 13.3. The van der Waals surface area contributed by atoms with Crippen LogP contribution in [0.1, 0.15) is 30.5 Å². The van der Waals surface area contributed by atoms with E-state index in [0.29, 0.717) is 39.3 Å². The maximum Gasteiger partial charge on any atom is 0.342 e. The molecule has 0 saturated heterocycles. The second-order valence-electron chi connectivity index (χ2n) is 8.57. The number of cyclic esters (lactones) is 1. The number of aliphatic hydroxyl groups is 1. The van der Waals surface area contributed by atoms with Gasteiger partial charge in [-0.25, -0.2) is 4.79 Å². The summed E-state index contributed by atoms with van der Waals surface area (Å²) < 4.78 is 25.3. The lowest BCUT2D eigenvalue weighted by molar-refractivity contribution is -0.185. The molecule has 0 aliphatic carbocycles. The van der Waals surface area contributed by atoms with Crippen LogP contribution in [0, 0.1) is 0 Å². The summed E-state index contributed by atoms with van der Waals surface area (Å²) in [6.45, 7) is 3.88. The summed E-state index contributed by atoms with van der Waals surface area (Å²) in [6.07, 6.45) is 0.283. The largest absolute Gasteiger partial charge is 0.497 e. The van der Waals surface area contributed by atoms with Gasteiger partial charge in [0.1, 0.15) is 22.5 Å². The molecule has 1 N–H and O–H groups in total. The van der Waals surface area contributed by atoms with Gasteiger partial charge in [-0.15, -0.1) is 0 Å². The van der Waals surface area contributed by atoms with E-state index in [1.807, 2.05) is 44.2 Å². The Hall–Kier alpha value is -3.75. The molecule has 35 heavy (non-hydrogen) atoms. The first-order valence-electron chi connectivity index (χ1n) is 11.2. The molecule has 0 fully saturated rings. The Morgan fingerprint density at radius 2 is 1.77 bits per heavy atom. The number of hydrogen-bond acceptors (Lipinski definition) is 8. The first-order chi connectivity index (χ1) is 16.9. The summed E-state index contributed by atoms with van der Waals surface area (Å²) >= 11 is 1.11. The second-order valence-corrected chi connectivity index (χ2v) is 9.10. The molecule has 0 saturated carbocycles. The minimum atomic E-state index is -1.94. The molecule has 0 spiro atoms. The summed E-state index contributed by atoms with van der Waals surface area (Å²) in [7, 11) is 1.60. The summed E-state index contributed by atoms with van der Waals surface area (Å²) in [5, 5.41) is 11.9. The topological polar surface area (TPSA) is 90.8 Å². The molecule has 1 unspecified atom stereocenters. The third kappa shape index (κ3) is 4.38. The van der Waals surface area contributed by atoms with Crippen molar-refractivity contribution < 1.29 is 24.1 Å². The standard InChI is InChI=1S/C27H24N2O5S/c1-16(2)33-20-10-8-19(9-11-20)27(31)22(14-17-5-4-6-21(13-17)32-3)25(26(30)34-27)18-7-12-23-24(15-18)29-35-28-23/h4-13,15-16,31H,14H2,1-3H3. The molecule has 7 nitrogen and oxygen atoms in total. The molecule has 5 rings (SSSR count). The fourth-order valence-electron chi connectivity index (χ4n) is 4.23. The number of carbonyl (C=O) groups is 1. The van der Waals surface area contributed by atoms with Gasteiger partial charge in [-0.05, 0) is 73.5 Å². The molecule has 178 valence electrons. The zero-order valence-corrected chi connectivity index (χ0v) is 20.3. The van der Waals surface area contributed by atoms with Crippen LogP contribution in [-0.2, 0) is 21.7 Å². The summed E-state index contributed by atoms with van der Waals surface area (Å²) in [4.78, 5) is 13.3. The van der Waals surface area contributed by atoms with Crippen LogP contribution in [0.15, 0.2) is 72.3 Å². The lowest BCUT2D eigenvalue weighted by atomic mass is 9.88. The third-order valence-corrected chi connectivity index (χ3v) is 6.39. The zero-order valence-electron chi connectivity index (χ0n) is 19.5. The van der Waals surface area contributed by atoms with Crippen molar-refractivity contribution in [2.45, 2.75) is 32.2 Å².